The van der Waals surface area contributed by atoms with E-state index in [1.807, 2.05) is 11.9 Å². The molecule has 1 atom stereocenters. The number of amides is 3. The molecular weight excluding hydrogens is 404 g/mol. The Morgan fingerprint density at radius 3 is 2.48 bits per heavy atom. The highest BCUT2D eigenvalue weighted by molar-refractivity contribution is 5.86. The number of ether oxygens (including phenoxy) is 2. The Morgan fingerprint density at radius 2 is 1.90 bits per heavy atom. The fraction of sp³-hybridized carbons (Fsp3) is 0.700. The third-order valence-electron chi connectivity index (χ3n) is 5.12. The number of carbonyl (C=O) groups is 3. The molecule has 1 fully saturated rings. The molecule has 0 aliphatic carbocycles. The molecule has 2 aliphatic rings. The summed E-state index contributed by atoms with van der Waals surface area (Å²) in [5.41, 5.74) is 0.198. The van der Waals surface area contributed by atoms with Crippen LogP contribution in [-0.4, -0.2) is 93.5 Å². The van der Waals surface area contributed by atoms with Crippen LogP contribution in [0.3, 0.4) is 0 Å². The largest absolute Gasteiger partial charge is 0.444 e. The van der Waals surface area contributed by atoms with E-state index in [4.69, 9.17) is 9.47 Å². The van der Waals surface area contributed by atoms with E-state index in [1.165, 1.54) is 0 Å². The number of alkyl carbamates (subject to hydrolysis) is 1. The zero-order valence-electron chi connectivity index (χ0n) is 18.9. The number of nitrogens with one attached hydrogen (secondary N) is 1. The summed E-state index contributed by atoms with van der Waals surface area (Å²) < 4.78 is 12.3. The molecule has 1 aromatic heterocycles. The lowest BCUT2D eigenvalue weighted by atomic mass is 10.2. The van der Waals surface area contributed by atoms with Gasteiger partial charge in [-0.05, 0) is 34.6 Å². The standard InChI is InChI=1S/C20H32N6O5/c1-6-30-13-16(22-18(28)31-20(3,4)5)17(27)23-7-9-24(10-8-23)25-12-15-11-21-14(2)26(15)19(25)29/h11,16H,6-10,12-13H2,1-5H3,(H,22,28). The van der Waals surface area contributed by atoms with E-state index in [-0.39, 0.29) is 18.5 Å². The predicted octanol–water partition coefficient (Wildman–Crippen LogP) is 0.964. The van der Waals surface area contributed by atoms with Crippen molar-refractivity contribution in [3.05, 3.63) is 17.7 Å². The number of hydrogen-bond acceptors (Lipinski definition) is 7. The Kier molecular flexibility index (Phi) is 6.85. The summed E-state index contributed by atoms with van der Waals surface area (Å²) in [5.74, 6) is 0.446. The van der Waals surface area contributed by atoms with Crippen molar-refractivity contribution in [2.75, 3.05) is 39.4 Å². The average Bonchev–Trinajstić information content (AvgIpc) is 3.23. The number of carbonyl (C=O) groups excluding carboxylic acids is 3. The van der Waals surface area contributed by atoms with Crippen LogP contribution in [-0.2, 0) is 20.8 Å². The summed E-state index contributed by atoms with van der Waals surface area (Å²) >= 11 is 0. The smallest absolute Gasteiger partial charge is 0.408 e. The lowest BCUT2D eigenvalue weighted by Crippen LogP contribution is -2.59. The highest BCUT2D eigenvalue weighted by Crippen LogP contribution is 2.21. The number of aryl methyl sites for hydroxylation is 1. The Labute approximate surface area is 182 Å². The minimum absolute atomic E-state index is 0.0706. The van der Waals surface area contributed by atoms with Crippen LogP contribution in [0.15, 0.2) is 6.20 Å². The maximum atomic E-state index is 13.0. The van der Waals surface area contributed by atoms with Gasteiger partial charge in [0.25, 0.3) is 0 Å². The van der Waals surface area contributed by atoms with Crippen LogP contribution in [0.2, 0.25) is 0 Å². The van der Waals surface area contributed by atoms with Gasteiger partial charge in [0.2, 0.25) is 5.91 Å². The first kappa shape index (κ1) is 23.0. The molecule has 31 heavy (non-hydrogen) atoms. The number of hydrazine groups is 1. The van der Waals surface area contributed by atoms with E-state index >= 15 is 0 Å². The molecule has 1 N–H and O–H groups in total. The molecule has 3 amide bonds. The first-order valence-corrected chi connectivity index (χ1v) is 10.6. The van der Waals surface area contributed by atoms with Crippen molar-refractivity contribution in [3.8, 4) is 0 Å². The maximum Gasteiger partial charge on any atom is 0.408 e. The molecule has 3 rings (SSSR count). The van der Waals surface area contributed by atoms with Crippen molar-refractivity contribution >= 4 is 18.0 Å². The lowest BCUT2D eigenvalue weighted by molar-refractivity contribution is -0.139. The van der Waals surface area contributed by atoms with Gasteiger partial charge in [-0.1, -0.05) is 0 Å². The molecular formula is C20H32N6O5. The summed E-state index contributed by atoms with van der Waals surface area (Å²) in [6.45, 7) is 11.8. The van der Waals surface area contributed by atoms with Gasteiger partial charge in [-0.25, -0.2) is 24.1 Å². The zero-order chi connectivity index (χ0) is 22.8. The van der Waals surface area contributed by atoms with Gasteiger partial charge in [0.1, 0.15) is 17.5 Å². The molecule has 3 heterocycles. The first-order chi connectivity index (χ1) is 14.6. The van der Waals surface area contributed by atoms with Gasteiger partial charge in [0, 0.05) is 32.8 Å². The summed E-state index contributed by atoms with van der Waals surface area (Å²) in [5, 5.41) is 6.28. The molecule has 0 radical (unpaired) electrons. The Morgan fingerprint density at radius 1 is 1.23 bits per heavy atom. The molecule has 2 aliphatic heterocycles. The van der Waals surface area contributed by atoms with E-state index < -0.39 is 17.7 Å². The first-order valence-electron chi connectivity index (χ1n) is 10.6. The SMILES string of the molecule is CCOCC(NC(=O)OC(C)(C)C)C(=O)N1CCN(N2Cc3cnc(C)n3C2=O)CC1. The van der Waals surface area contributed by atoms with Crippen molar-refractivity contribution < 1.29 is 23.9 Å². The number of fused-ring (bicyclic) bond motifs is 1. The van der Waals surface area contributed by atoms with Crippen molar-refractivity contribution in [2.45, 2.75) is 52.8 Å². The van der Waals surface area contributed by atoms with Gasteiger partial charge in [-0.3, -0.25) is 9.80 Å². The fourth-order valence-corrected chi connectivity index (χ4v) is 3.66. The van der Waals surface area contributed by atoms with Gasteiger partial charge in [-0.15, -0.1) is 0 Å². The van der Waals surface area contributed by atoms with Crippen molar-refractivity contribution in [2.24, 2.45) is 0 Å². The number of rotatable bonds is 6. The van der Waals surface area contributed by atoms with Crippen LogP contribution in [0.4, 0.5) is 9.59 Å². The monoisotopic (exact) mass is 436 g/mol. The number of aromatic nitrogens is 2. The number of hydrogen-bond donors (Lipinski definition) is 1. The average molecular weight is 437 g/mol. The normalized spacial score (nSPS) is 18.2. The van der Waals surface area contributed by atoms with Crippen LogP contribution in [0, 0.1) is 6.92 Å². The summed E-state index contributed by atoms with van der Waals surface area (Å²) in [4.78, 5) is 43.8. The number of piperazine rings is 1. The van der Waals surface area contributed by atoms with Gasteiger partial charge < -0.3 is 19.7 Å². The summed E-state index contributed by atoms with van der Waals surface area (Å²) in [6.07, 6.45) is 1.06. The third kappa shape index (κ3) is 5.34. The third-order valence-corrected chi connectivity index (χ3v) is 5.12. The number of imidazole rings is 1. The highest BCUT2D eigenvalue weighted by atomic mass is 16.6. The van der Waals surface area contributed by atoms with Crippen LogP contribution < -0.4 is 5.32 Å². The second-order valence-corrected chi connectivity index (χ2v) is 8.61. The van der Waals surface area contributed by atoms with Crippen LogP contribution >= 0.6 is 0 Å². The van der Waals surface area contributed by atoms with Crippen LogP contribution in [0.5, 0.6) is 0 Å². The van der Waals surface area contributed by atoms with Gasteiger partial charge in [-0.2, -0.15) is 0 Å². The minimum atomic E-state index is -0.829. The molecule has 1 saturated heterocycles. The van der Waals surface area contributed by atoms with E-state index in [0.29, 0.717) is 45.2 Å². The Balaban J connectivity index is 1.57. The second kappa shape index (κ2) is 9.23. The van der Waals surface area contributed by atoms with E-state index in [9.17, 15) is 14.4 Å². The van der Waals surface area contributed by atoms with E-state index in [0.717, 1.165) is 5.69 Å². The zero-order valence-corrected chi connectivity index (χ0v) is 18.9. The van der Waals surface area contributed by atoms with Crippen molar-refractivity contribution in [1.29, 1.82) is 0 Å². The second-order valence-electron chi connectivity index (χ2n) is 8.61. The fourth-order valence-electron chi connectivity index (χ4n) is 3.66. The van der Waals surface area contributed by atoms with Gasteiger partial charge >= 0.3 is 12.1 Å². The summed E-state index contributed by atoms with van der Waals surface area (Å²) in [7, 11) is 0. The Bertz CT molecular complexity index is 825. The van der Waals surface area contributed by atoms with Crippen LogP contribution in [0.1, 0.15) is 39.2 Å². The van der Waals surface area contributed by atoms with E-state index in [1.54, 1.807) is 48.4 Å². The molecule has 11 heteroatoms. The van der Waals surface area contributed by atoms with Crippen molar-refractivity contribution in [3.63, 3.8) is 0 Å². The maximum absolute atomic E-state index is 13.0. The Hall–Kier alpha value is -2.66. The molecule has 172 valence electrons. The molecule has 0 aromatic carbocycles. The molecule has 0 bridgehead atoms. The van der Waals surface area contributed by atoms with Crippen LogP contribution in [0.25, 0.3) is 0 Å². The molecule has 1 aromatic rings. The van der Waals surface area contributed by atoms with Gasteiger partial charge in [0.15, 0.2) is 0 Å². The predicted molar refractivity (Wildman–Crippen MR) is 111 cm³/mol. The number of nitrogens with zero attached hydrogens (tertiary/aromatic N) is 5. The quantitative estimate of drug-likeness (QED) is 0.707. The van der Waals surface area contributed by atoms with Gasteiger partial charge in [0.05, 0.1) is 25.0 Å². The topological polar surface area (TPSA) is 109 Å². The minimum Gasteiger partial charge on any atom is -0.444 e. The highest BCUT2D eigenvalue weighted by Gasteiger charge is 2.36. The molecule has 0 spiro atoms. The molecule has 11 nitrogen and oxygen atoms in total. The molecule has 1 unspecified atom stereocenters. The van der Waals surface area contributed by atoms with Crippen molar-refractivity contribution in [1.82, 2.24) is 29.8 Å². The summed E-state index contributed by atoms with van der Waals surface area (Å²) in [6, 6.07) is -0.949. The lowest BCUT2D eigenvalue weighted by Gasteiger charge is -2.39. The molecule has 0 saturated carbocycles. The van der Waals surface area contributed by atoms with E-state index in [2.05, 4.69) is 10.3 Å².